The summed E-state index contributed by atoms with van der Waals surface area (Å²) in [5.74, 6) is -0.444. The lowest BCUT2D eigenvalue weighted by molar-refractivity contribution is -0.141. The highest BCUT2D eigenvalue weighted by molar-refractivity contribution is 5.87. The first-order chi connectivity index (χ1) is 7.73. The molecule has 4 heteroatoms. The van der Waals surface area contributed by atoms with Gasteiger partial charge in [-0.15, -0.1) is 0 Å². The van der Waals surface area contributed by atoms with Crippen LogP contribution in [0.5, 0.6) is 0 Å². The van der Waals surface area contributed by atoms with Crippen LogP contribution in [-0.2, 0) is 16.1 Å². The number of hydrogen-bond acceptors (Lipinski definition) is 3. The fraction of sp³-hybridized carbons (Fsp3) is 0.333. The van der Waals surface area contributed by atoms with Crippen molar-refractivity contribution in [2.45, 2.75) is 24.9 Å². The van der Waals surface area contributed by atoms with Crippen LogP contribution in [-0.4, -0.2) is 17.7 Å². The third kappa shape index (κ3) is 2.05. The van der Waals surface area contributed by atoms with Crippen LogP contribution in [0.3, 0.4) is 0 Å². The Bertz CT molecular complexity index is 393. The van der Waals surface area contributed by atoms with Gasteiger partial charge in [-0.25, -0.2) is 0 Å². The molecule has 84 valence electrons. The molecular formula is C12H14N2O2. The summed E-state index contributed by atoms with van der Waals surface area (Å²) >= 11 is 0. The number of primary amides is 1. The molecule has 2 rings (SSSR count). The normalized spacial score (nSPS) is 23.0. The molecule has 1 unspecified atom stereocenters. The zero-order valence-electron chi connectivity index (χ0n) is 8.93. The van der Waals surface area contributed by atoms with Crippen LogP contribution in [0.4, 0.5) is 0 Å². The van der Waals surface area contributed by atoms with Gasteiger partial charge in [0.25, 0.3) is 5.91 Å². The molecule has 1 aliphatic rings. The molecule has 0 aliphatic carbocycles. The van der Waals surface area contributed by atoms with E-state index in [0.717, 1.165) is 6.42 Å². The van der Waals surface area contributed by atoms with Crippen LogP contribution in [0, 0.1) is 0 Å². The Hall–Kier alpha value is -1.84. The van der Waals surface area contributed by atoms with Gasteiger partial charge >= 0.3 is 0 Å². The van der Waals surface area contributed by atoms with Gasteiger partial charge in [0.2, 0.25) is 5.60 Å². The second-order valence-electron chi connectivity index (χ2n) is 3.93. The van der Waals surface area contributed by atoms with Gasteiger partial charge in [-0.05, 0) is 12.0 Å². The topological polar surface area (TPSA) is 64.7 Å². The van der Waals surface area contributed by atoms with Crippen molar-refractivity contribution in [2.24, 2.45) is 10.9 Å². The van der Waals surface area contributed by atoms with Crippen molar-refractivity contribution < 1.29 is 9.63 Å². The zero-order chi connectivity index (χ0) is 11.4. The predicted octanol–water partition coefficient (Wildman–Crippen LogP) is 1.25. The molecule has 0 fully saturated rings. The van der Waals surface area contributed by atoms with E-state index < -0.39 is 11.5 Å². The minimum Gasteiger partial charge on any atom is -0.379 e. The summed E-state index contributed by atoms with van der Waals surface area (Å²) in [6, 6.07) is 9.94. The second kappa shape index (κ2) is 4.35. The van der Waals surface area contributed by atoms with Crippen LogP contribution in [0.2, 0.25) is 0 Å². The summed E-state index contributed by atoms with van der Waals surface area (Å²) < 4.78 is 0. The summed E-state index contributed by atoms with van der Waals surface area (Å²) in [4.78, 5) is 16.5. The Balaban J connectivity index is 2.01. The van der Waals surface area contributed by atoms with E-state index in [1.165, 1.54) is 5.56 Å². The number of nitrogens with zero attached hydrogens (tertiary/aromatic N) is 1. The van der Waals surface area contributed by atoms with Crippen molar-refractivity contribution in [1.82, 2.24) is 0 Å². The van der Waals surface area contributed by atoms with Crippen LogP contribution in [0.1, 0.15) is 18.4 Å². The summed E-state index contributed by atoms with van der Waals surface area (Å²) in [6.07, 6.45) is 3.38. The number of rotatable bonds is 4. The van der Waals surface area contributed by atoms with Gasteiger partial charge in [0, 0.05) is 19.1 Å². The number of carbonyl (C=O) groups is 1. The van der Waals surface area contributed by atoms with Crippen molar-refractivity contribution in [2.75, 3.05) is 0 Å². The molecule has 1 aliphatic heterocycles. The van der Waals surface area contributed by atoms with Gasteiger partial charge in [-0.3, -0.25) is 4.79 Å². The highest BCUT2D eigenvalue weighted by Crippen LogP contribution is 2.26. The first kappa shape index (κ1) is 10.7. The first-order valence-corrected chi connectivity index (χ1v) is 5.27. The summed E-state index contributed by atoms with van der Waals surface area (Å²) in [6.45, 7) is 0. The average molecular weight is 218 g/mol. The molecule has 0 saturated carbocycles. The van der Waals surface area contributed by atoms with Crippen molar-refractivity contribution >= 4 is 12.1 Å². The monoisotopic (exact) mass is 218 g/mol. The van der Waals surface area contributed by atoms with E-state index in [0.29, 0.717) is 12.8 Å². The van der Waals surface area contributed by atoms with E-state index >= 15 is 0 Å². The lowest BCUT2D eigenvalue weighted by Crippen LogP contribution is -2.43. The maximum absolute atomic E-state index is 11.4. The van der Waals surface area contributed by atoms with Crippen LogP contribution >= 0.6 is 0 Å². The molecule has 2 N–H and O–H groups in total. The number of carbonyl (C=O) groups excluding carboxylic acids is 1. The molecule has 1 aromatic carbocycles. The van der Waals surface area contributed by atoms with Crippen LogP contribution in [0.15, 0.2) is 35.5 Å². The van der Waals surface area contributed by atoms with Crippen molar-refractivity contribution in [3.05, 3.63) is 35.9 Å². The molecular weight excluding hydrogens is 204 g/mol. The Morgan fingerprint density at radius 1 is 1.44 bits per heavy atom. The van der Waals surface area contributed by atoms with E-state index in [4.69, 9.17) is 10.6 Å². The Labute approximate surface area is 94.1 Å². The standard InChI is InChI=1S/C12H14N2O2/c13-11(15)12(8-9-14-16-12)7-6-10-4-2-1-3-5-10/h1-5,9H,6-8H2,(H2,13,15). The molecule has 0 aromatic heterocycles. The maximum atomic E-state index is 11.4. The molecule has 1 aromatic rings. The number of benzene rings is 1. The smallest absolute Gasteiger partial charge is 0.264 e. The lowest BCUT2D eigenvalue weighted by Gasteiger charge is -2.22. The molecule has 0 radical (unpaired) electrons. The predicted molar refractivity (Wildman–Crippen MR) is 60.9 cm³/mol. The number of aryl methyl sites for hydroxylation is 1. The maximum Gasteiger partial charge on any atom is 0.264 e. The highest BCUT2D eigenvalue weighted by Gasteiger charge is 2.41. The number of nitrogens with two attached hydrogens (primary N) is 1. The summed E-state index contributed by atoms with van der Waals surface area (Å²) in [5.41, 5.74) is 5.58. The number of hydrogen-bond donors (Lipinski definition) is 1. The molecule has 0 saturated heterocycles. The fourth-order valence-corrected chi connectivity index (χ4v) is 1.77. The van der Waals surface area contributed by atoms with Crippen molar-refractivity contribution in [3.8, 4) is 0 Å². The quantitative estimate of drug-likeness (QED) is 0.826. The molecule has 1 atom stereocenters. The van der Waals surface area contributed by atoms with Gasteiger partial charge in [-0.1, -0.05) is 35.5 Å². The van der Waals surface area contributed by atoms with E-state index in [-0.39, 0.29) is 0 Å². The number of amides is 1. The second-order valence-corrected chi connectivity index (χ2v) is 3.93. The largest absolute Gasteiger partial charge is 0.379 e. The Morgan fingerprint density at radius 2 is 2.19 bits per heavy atom. The van der Waals surface area contributed by atoms with Gasteiger partial charge < -0.3 is 10.6 Å². The average Bonchev–Trinajstić information content (AvgIpc) is 2.78. The SMILES string of the molecule is NC(=O)C1(CCc2ccccc2)CC=NO1. The number of oxime groups is 1. The first-order valence-electron chi connectivity index (χ1n) is 5.27. The molecule has 0 spiro atoms. The Kier molecular flexibility index (Phi) is 2.90. The van der Waals surface area contributed by atoms with E-state index in [9.17, 15) is 4.79 Å². The van der Waals surface area contributed by atoms with Gasteiger partial charge in [0.05, 0.1) is 0 Å². The highest BCUT2D eigenvalue weighted by atomic mass is 16.7. The van der Waals surface area contributed by atoms with Crippen LogP contribution in [0.25, 0.3) is 0 Å². The van der Waals surface area contributed by atoms with Crippen molar-refractivity contribution in [3.63, 3.8) is 0 Å². The molecule has 4 nitrogen and oxygen atoms in total. The zero-order valence-corrected chi connectivity index (χ0v) is 8.93. The molecule has 1 heterocycles. The fourth-order valence-electron chi connectivity index (χ4n) is 1.77. The molecule has 1 amide bonds. The van der Waals surface area contributed by atoms with Gasteiger partial charge in [0.15, 0.2) is 0 Å². The van der Waals surface area contributed by atoms with Gasteiger partial charge in [-0.2, -0.15) is 0 Å². The minimum atomic E-state index is -0.935. The minimum absolute atomic E-state index is 0.444. The van der Waals surface area contributed by atoms with E-state index in [2.05, 4.69) is 5.16 Å². The molecule has 16 heavy (non-hydrogen) atoms. The van der Waals surface area contributed by atoms with Crippen molar-refractivity contribution in [1.29, 1.82) is 0 Å². The van der Waals surface area contributed by atoms with Gasteiger partial charge in [0.1, 0.15) is 0 Å². The summed E-state index contributed by atoms with van der Waals surface area (Å²) in [5, 5.41) is 3.64. The summed E-state index contributed by atoms with van der Waals surface area (Å²) in [7, 11) is 0. The lowest BCUT2D eigenvalue weighted by atomic mass is 9.92. The Morgan fingerprint density at radius 3 is 2.75 bits per heavy atom. The third-order valence-corrected chi connectivity index (χ3v) is 2.83. The molecule has 0 bridgehead atoms. The van der Waals surface area contributed by atoms with E-state index in [1.807, 2.05) is 30.3 Å². The third-order valence-electron chi connectivity index (χ3n) is 2.83. The van der Waals surface area contributed by atoms with Crippen LogP contribution < -0.4 is 5.73 Å². The van der Waals surface area contributed by atoms with E-state index in [1.54, 1.807) is 6.21 Å².